The van der Waals surface area contributed by atoms with Crippen molar-refractivity contribution in [2.75, 3.05) is 11.9 Å². The Morgan fingerprint density at radius 2 is 1.68 bits per heavy atom. The van der Waals surface area contributed by atoms with E-state index in [1.165, 1.54) is 16.8 Å². The molecule has 1 aromatic carbocycles. The Kier molecular flexibility index (Phi) is 6.04. The van der Waals surface area contributed by atoms with E-state index in [2.05, 4.69) is 25.5 Å². The van der Waals surface area contributed by atoms with E-state index in [4.69, 9.17) is 4.74 Å². The normalized spacial score (nSPS) is 10.9. The molecule has 1 amide bonds. The third-order valence-corrected chi connectivity index (χ3v) is 4.79. The number of benzene rings is 1. The number of esters is 1. The molecule has 0 fully saturated rings. The molecule has 2 N–H and O–H groups in total. The zero-order valence-corrected chi connectivity index (χ0v) is 18.7. The first kappa shape index (κ1) is 22.6. The minimum absolute atomic E-state index is 0.175. The summed E-state index contributed by atoms with van der Waals surface area (Å²) in [6.07, 6.45) is 0. The number of nitrogens with one attached hydrogen (secondary N) is 2. The van der Waals surface area contributed by atoms with Crippen LogP contribution in [0.25, 0.3) is 16.7 Å². The molecule has 0 aliphatic heterocycles. The number of aryl methyl sites for hydroxylation is 3. The average molecular weight is 463 g/mol. The van der Waals surface area contributed by atoms with Gasteiger partial charge in [0.15, 0.2) is 6.61 Å². The summed E-state index contributed by atoms with van der Waals surface area (Å²) in [4.78, 5) is 57.9. The zero-order valence-electron chi connectivity index (χ0n) is 18.7. The maximum absolute atomic E-state index is 12.5. The summed E-state index contributed by atoms with van der Waals surface area (Å²) in [7, 11) is 0. The molecule has 0 aliphatic rings. The van der Waals surface area contributed by atoms with Gasteiger partial charge in [0.25, 0.3) is 23.0 Å². The summed E-state index contributed by atoms with van der Waals surface area (Å²) >= 11 is 0. The highest BCUT2D eigenvalue weighted by molar-refractivity contribution is 5.92. The molecule has 34 heavy (non-hydrogen) atoms. The van der Waals surface area contributed by atoms with Gasteiger partial charge in [-0.2, -0.15) is 9.78 Å². The molecule has 0 unspecified atom stereocenters. The number of anilines is 1. The fourth-order valence-electron chi connectivity index (χ4n) is 3.40. The van der Waals surface area contributed by atoms with Crippen LogP contribution < -0.4 is 16.4 Å². The molecular weight excluding hydrogens is 442 g/mol. The van der Waals surface area contributed by atoms with Gasteiger partial charge in [-0.05, 0) is 39.0 Å². The zero-order chi connectivity index (χ0) is 24.4. The van der Waals surface area contributed by atoms with Crippen LogP contribution in [0.3, 0.4) is 0 Å². The smallest absolute Gasteiger partial charge is 0.328 e. The number of hydrogen-bond acceptors (Lipinski definition) is 8. The number of fused-ring (bicyclic) bond motifs is 1. The topological polar surface area (TPSA) is 154 Å². The first-order chi connectivity index (χ1) is 16.2. The largest absolute Gasteiger partial charge is 0.454 e. The minimum Gasteiger partial charge on any atom is -0.454 e. The number of aromatic nitrogens is 6. The molecule has 0 aliphatic carbocycles. The van der Waals surface area contributed by atoms with E-state index in [0.717, 1.165) is 16.1 Å². The molecule has 3 aromatic heterocycles. The number of nitrogens with zero attached hydrogens (tertiary/aromatic N) is 5. The molecular formula is C22H21N7O5. The van der Waals surface area contributed by atoms with E-state index in [1.807, 2.05) is 19.9 Å². The highest BCUT2D eigenvalue weighted by Gasteiger charge is 2.16. The Morgan fingerprint density at radius 3 is 2.38 bits per heavy atom. The maximum atomic E-state index is 12.5. The van der Waals surface area contributed by atoms with Crippen LogP contribution in [0.15, 0.2) is 46.0 Å². The van der Waals surface area contributed by atoms with E-state index in [1.54, 1.807) is 25.1 Å². The van der Waals surface area contributed by atoms with Crippen LogP contribution in [-0.4, -0.2) is 48.0 Å². The van der Waals surface area contributed by atoms with Gasteiger partial charge in [0.2, 0.25) is 0 Å². The number of aromatic amines is 1. The van der Waals surface area contributed by atoms with Crippen molar-refractivity contribution in [3.05, 3.63) is 74.2 Å². The quantitative estimate of drug-likeness (QED) is 0.398. The Hall–Kier alpha value is -4.61. The van der Waals surface area contributed by atoms with Crippen molar-refractivity contribution >= 4 is 28.5 Å². The van der Waals surface area contributed by atoms with Crippen molar-refractivity contribution in [3.8, 4) is 5.95 Å². The lowest BCUT2D eigenvalue weighted by molar-refractivity contribution is -0.148. The second-order valence-corrected chi connectivity index (χ2v) is 7.62. The number of rotatable bonds is 6. The molecule has 0 saturated carbocycles. The van der Waals surface area contributed by atoms with E-state index >= 15 is 0 Å². The number of ether oxygens (including phenoxy) is 1. The number of amides is 1. The number of carbonyl (C=O) groups is 2. The Morgan fingerprint density at radius 1 is 1.00 bits per heavy atom. The number of hydrogen-bond donors (Lipinski definition) is 2. The highest BCUT2D eigenvalue weighted by atomic mass is 16.5. The van der Waals surface area contributed by atoms with Crippen molar-refractivity contribution in [2.45, 2.75) is 27.3 Å². The average Bonchev–Trinajstić information content (AvgIpc) is 3.15. The first-order valence-corrected chi connectivity index (χ1v) is 10.3. The molecule has 174 valence electrons. The van der Waals surface area contributed by atoms with Crippen molar-refractivity contribution in [2.24, 2.45) is 0 Å². The minimum atomic E-state index is -0.870. The third-order valence-electron chi connectivity index (χ3n) is 4.79. The van der Waals surface area contributed by atoms with Gasteiger partial charge in [-0.25, -0.2) is 14.6 Å². The summed E-state index contributed by atoms with van der Waals surface area (Å²) < 4.78 is 7.22. The SMILES string of the molecule is Cc1cc(C)nc(-n2nc(C)cc2NC(=O)COC(=O)Cn2[nH]c(=O)c3ccccc3c2=O)n1. The predicted octanol–water partition coefficient (Wildman–Crippen LogP) is 0.773. The predicted molar refractivity (Wildman–Crippen MR) is 122 cm³/mol. The van der Waals surface area contributed by atoms with Gasteiger partial charge in [-0.3, -0.25) is 24.3 Å². The Bertz CT molecular complexity index is 1510. The molecule has 0 spiro atoms. The highest BCUT2D eigenvalue weighted by Crippen LogP contribution is 2.15. The lowest BCUT2D eigenvalue weighted by Crippen LogP contribution is -2.33. The molecule has 0 atom stereocenters. The second-order valence-electron chi connectivity index (χ2n) is 7.62. The van der Waals surface area contributed by atoms with Crippen LogP contribution in [0.5, 0.6) is 0 Å². The third kappa shape index (κ3) is 4.75. The molecule has 4 aromatic rings. The van der Waals surface area contributed by atoms with Gasteiger partial charge in [-0.15, -0.1) is 0 Å². The lowest BCUT2D eigenvalue weighted by atomic mass is 10.2. The standard InChI is InChI=1S/C22H21N7O5/c1-12-8-13(2)24-22(23-12)29-17(9-14(3)26-29)25-18(30)11-34-19(31)10-28-21(33)16-7-5-4-6-15(16)20(32)27-28/h4-9H,10-11H2,1-3H3,(H,25,30)(H,27,32). The Labute approximate surface area is 192 Å². The summed E-state index contributed by atoms with van der Waals surface area (Å²) in [6.45, 7) is 4.22. The van der Waals surface area contributed by atoms with E-state index in [0.29, 0.717) is 11.5 Å². The second kappa shape index (κ2) is 9.10. The van der Waals surface area contributed by atoms with Crippen molar-refractivity contribution in [1.29, 1.82) is 0 Å². The van der Waals surface area contributed by atoms with Crippen LogP contribution in [0, 0.1) is 20.8 Å². The first-order valence-electron chi connectivity index (χ1n) is 10.3. The summed E-state index contributed by atoms with van der Waals surface area (Å²) in [5.41, 5.74) is 1.03. The van der Waals surface area contributed by atoms with E-state index in [-0.39, 0.29) is 16.7 Å². The van der Waals surface area contributed by atoms with Crippen LogP contribution in [0.1, 0.15) is 17.1 Å². The van der Waals surface area contributed by atoms with E-state index < -0.39 is 36.1 Å². The fourth-order valence-corrected chi connectivity index (χ4v) is 3.40. The summed E-state index contributed by atoms with van der Waals surface area (Å²) in [5, 5.41) is 9.65. The van der Waals surface area contributed by atoms with Crippen LogP contribution >= 0.6 is 0 Å². The summed E-state index contributed by atoms with van der Waals surface area (Å²) in [5.74, 6) is -0.903. The molecule has 12 nitrogen and oxygen atoms in total. The molecule has 3 heterocycles. The monoisotopic (exact) mass is 463 g/mol. The number of carbonyl (C=O) groups excluding carboxylic acids is 2. The molecule has 0 saturated heterocycles. The van der Waals surface area contributed by atoms with Crippen LogP contribution in [-0.2, 0) is 20.9 Å². The van der Waals surface area contributed by atoms with Crippen LogP contribution in [0.4, 0.5) is 5.82 Å². The van der Waals surface area contributed by atoms with E-state index in [9.17, 15) is 19.2 Å². The maximum Gasteiger partial charge on any atom is 0.328 e. The van der Waals surface area contributed by atoms with Gasteiger partial charge in [0, 0.05) is 17.5 Å². The Balaban J connectivity index is 1.43. The summed E-state index contributed by atoms with van der Waals surface area (Å²) in [6, 6.07) is 9.69. The molecule has 4 rings (SSSR count). The van der Waals surface area contributed by atoms with Gasteiger partial charge in [0.1, 0.15) is 12.4 Å². The fraction of sp³-hybridized carbons (Fsp3) is 0.227. The lowest BCUT2D eigenvalue weighted by Gasteiger charge is -2.10. The molecule has 12 heteroatoms. The van der Waals surface area contributed by atoms with Gasteiger partial charge < -0.3 is 10.1 Å². The van der Waals surface area contributed by atoms with Gasteiger partial charge in [0.05, 0.1) is 16.5 Å². The van der Waals surface area contributed by atoms with Crippen molar-refractivity contribution in [1.82, 2.24) is 29.5 Å². The van der Waals surface area contributed by atoms with Gasteiger partial charge in [-0.1, -0.05) is 12.1 Å². The molecule has 0 radical (unpaired) electrons. The number of H-pyrrole nitrogens is 1. The van der Waals surface area contributed by atoms with Gasteiger partial charge >= 0.3 is 5.97 Å². The van der Waals surface area contributed by atoms with Crippen molar-refractivity contribution in [3.63, 3.8) is 0 Å². The van der Waals surface area contributed by atoms with Crippen LogP contribution in [0.2, 0.25) is 0 Å². The van der Waals surface area contributed by atoms with Crippen molar-refractivity contribution < 1.29 is 14.3 Å². The molecule has 0 bridgehead atoms.